The van der Waals surface area contributed by atoms with Crippen LogP contribution < -0.4 is 5.32 Å². The summed E-state index contributed by atoms with van der Waals surface area (Å²) in [5.41, 5.74) is 2.77. The van der Waals surface area contributed by atoms with Crippen molar-refractivity contribution in [2.45, 2.75) is 25.3 Å². The quantitative estimate of drug-likeness (QED) is 0.861. The van der Waals surface area contributed by atoms with E-state index >= 15 is 0 Å². The van der Waals surface area contributed by atoms with Crippen LogP contribution in [0.4, 0.5) is 0 Å². The van der Waals surface area contributed by atoms with Gasteiger partial charge in [0, 0.05) is 25.4 Å². The zero-order chi connectivity index (χ0) is 15.5. The summed E-state index contributed by atoms with van der Waals surface area (Å²) in [5, 5.41) is 12.2. The van der Waals surface area contributed by atoms with E-state index in [1.807, 2.05) is 54.1 Å². The Balaban J connectivity index is 1.77. The molecule has 0 bridgehead atoms. The number of carbonyl (C=O) groups excluding carboxylic acids is 1. The van der Waals surface area contributed by atoms with E-state index in [0.29, 0.717) is 18.0 Å². The van der Waals surface area contributed by atoms with Crippen LogP contribution in [-0.4, -0.2) is 28.2 Å². The van der Waals surface area contributed by atoms with Crippen molar-refractivity contribution >= 4 is 5.91 Å². The Bertz CT molecular complexity index is 644. The van der Waals surface area contributed by atoms with Gasteiger partial charge in [0.05, 0.1) is 0 Å². The standard InChI is InChI=1S/C18H22N2O2/c1-20-16(14-5-3-2-4-6-14)9-10-17(20)18(22)19-15(11-12-21)13-7-8-13/h2-6,9-10,13,15,21H,7-8,11-12H2,1H3,(H,19,22). The van der Waals surface area contributed by atoms with Gasteiger partial charge in [-0.2, -0.15) is 0 Å². The van der Waals surface area contributed by atoms with Gasteiger partial charge in [-0.05, 0) is 42.9 Å². The molecule has 1 atom stereocenters. The highest BCUT2D eigenvalue weighted by molar-refractivity contribution is 5.94. The van der Waals surface area contributed by atoms with Gasteiger partial charge in [-0.3, -0.25) is 4.79 Å². The summed E-state index contributed by atoms with van der Waals surface area (Å²) in [7, 11) is 1.91. The first kappa shape index (κ1) is 14.9. The molecule has 4 nitrogen and oxygen atoms in total. The lowest BCUT2D eigenvalue weighted by Gasteiger charge is -2.17. The van der Waals surface area contributed by atoms with Crippen LogP contribution in [0.25, 0.3) is 11.3 Å². The summed E-state index contributed by atoms with van der Waals surface area (Å²) in [4.78, 5) is 12.5. The molecule has 4 heteroatoms. The third-order valence-corrected chi connectivity index (χ3v) is 4.37. The van der Waals surface area contributed by atoms with E-state index in [1.165, 1.54) is 0 Å². The molecule has 1 aliphatic carbocycles. The maximum atomic E-state index is 12.5. The Hall–Kier alpha value is -2.07. The molecule has 1 unspecified atom stereocenters. The van der Waals surface area contributed by atoms with Gasteiger partial charge >= 0.3 is 0 Å². The van der Waals surface area contributed by atoms with Gasteiger partial charge in [0.15, 0.2) is 0 Å². The fourth-order valence-electron chi connectivity index (χ4n) is 2.94. The summed E-state index contributed by atoms with van der Waals surface area (Å²) in [6.07, 6.45) is 2.92. The van der Waals surface area contributed by atoms with Crippen molar-refractivity contribution in [3.8, 4) is 11.3 Å². The van der Waals surface area contributed by atoms with E-state index < -0.39 is 0 Å². The molecule has 2 aromatic rings. The highest BCUT2D eigenvalue weighted by Crippen LogP contribution is 2.34. The van der Waals surface area contributed by atoms with E-state index in [9.17, 15) is 4.79 Å². The van der Waals surface area contributed by atoms with Gasteiger partial charge in [-0.25, -0.2) is 0 Å². The number of rotatable bonds is 6. The molecule has 1 heterocycles. The number of aliphatic hydroxyl groups excluding tert-OH is 1. The molecule has 0 radical (unpaired) electrons. The Morgan fingerprint density at radius 3 is 2.64 bits per heavy atom. The lowest BCUT2D eigenvalue weighted by Crippen LogP contribution is -2.38. The topological polar surface area (TPSA) is 54.3 Å². The van der Waals surface area contributed by atoms with Crippen molar-refractivity contribution in [3.63, 3.8) is 0 Å². The molecule has 22 heavy (non-hydrogen) atoms. The molecule has 1 aromatic carbocycles. The molecule has 0 saturated heterocycles. The molecule has 3 rings (SSSR count). The molecule has 0 spiro atoms. The monoisotopic (exact) mass is 298 g/mol. The van der Waals surface area contributed by atoms with E-state index in [2.05, 4.69) is 5.32 Å². The normalized spacial score (nSPS) is 15.5. The number of nitrogens with one attached hydrogen (secondary N) is 1. The molecule has 1 aromatic heterocycles. The summed E-state index contributed by atoms with van der Waals surface area (Å²) >= 11 is 0. The molecular formula is C18H22N2O2. The Morgan fingerprint density at radius 1 is 1.27 bits per heavy atom. The smallest absolute Gasteiger partial charge is 0.268 e. The first-order valence-corrected chi connectivity index (χ1v) is 7.83. The lowest BCUT2D eigenvalue weighted by molar-refractivity contribution is 0.0916. The van der Waals surface area contributed by atoms with E-state index in [-0.39, 0.29) is 18.6 Å². The second-order valence-electron chi connectivity index (χ2n) is 5.96. The molecule has 0 aliphatic heterocycles. The average Bonchev–Trinajstić information content (AvgIpc) is 3.30. The number of benzene rings is 1. The molecule has 116 valence electrons. The zero-order valence-electron chi connectivity index (χ0n) is 12.8. The van der Waals surface area contributed by atoms with Crippen LogP contribution in [-0.2, 0) is 7.05 Å². The largest absolute Gasteiger partial charge is 0.396 e. The highest BCUT2D eigenvalue weighted by atomic mass is 16.3. The fraction of sp³-hybridized carbons (Fsp3) is 0.389. The van der Waals surface area contributed by atoms with Crippen molar-refractivity contribution in [1.82, 2.24) is 9.88 Å². The van der Waals surface area contributed by atoms with Crippen LogP contribution in [0.5, 0.6) is 0 Å². The molecule has 1 fully saturated rings. The number of aliphatic hydroxyl groups is 1. The summed E-state index contributed by atoms with van der Waals surface area (Å²) in [5.74, 6) is 0.472. The summed E-state index contributed by atoms with van der Waals surface area (Å²) in [6, 6.07) is 14.0. The van der Waals surface area contributed by atoms with Crippen LogP contribution in [0.2, 0.25) is 0 Å². The minimum atomic E-state index is -0.0602. The number of hydrogen-bond acceptors (Lipinski definition) is 2. The van der Waals surface area contributed by atoms with Gasteiger partial charge in [0.1, 0.15) is 5.69 Å². The van der Waals surface area contributed by atoms with Gasteiger partial charge < -0.3 is 15.0 Å². The van der Waals surface area contributed by atoms with Crippen LogP contribution in [0.1, 0.15) is 29.8 Å². The molecule has 1 aliphatic rings. The number of amides is 1. The minimum Gasteiger partial charge on any atom is -0.396 e. The second kappa shape index (κ2) is 6.36. The third kappa shape index (κ3) is 3.07. The zero-order valence-corrected chi connectivity index (χ0v) is 12.8. The predicted molar refractivity (Wildman–Crippen MR) is 86.5 cm³/mol. The molecule has 1 amide bonds. The number of carbonyl (C=O) groups is 1. The van der Waals surface area contributed by atoms with Gasteiger partial charge in [0.25, 0.3) is 5.91 Å². The number of hydrogen-bond donors (Lipinski definition) is 2. The van der Waals surface area contributed by atoms with Crippen LogP contribution in [0.15, 0.2) is 42.5 Å². The van der Waals surface area contributed by atoms with Crippen molar-refractivity contribution in [3.05, 3.63) is 48.2 Å². The first-order valence-electron chi connectivity index (χ1n) is 7.83. The van der Waals surface area contributed by atoms with Crippen molar-refractivity contribution in [2.75, 3.05) is 6.61 Å². The maximum absolute atomic E-state index is 12.5. The Labute approximate surface area is 130 Å². The Kier molecular flexibility index (Phi) is 4.29. The van der Waals surface area contributed by atoms with Crippen LogP contribution in [0, 0.1) is 5.92 Å². The summed E-state index contributed by atoms with van der Waals surface area (Å²) < 4.78 is 1.92. The highest BCUT2D eigenvalue weighted by Gasteiger charge is 2.32. The van der Waals surface area contributed by atoms with Gasteiger partial charge in [0.2, 0.25) is 0 Å². The average molecular weight is 298 g/mol. The molecule has 2 N–H and O–H groups in total. The Morgan fingerprint density at radius 2 is 2.00 bits per heavy atom. The third-order valence-electron chi connectivity index (χ3n) is 4.37. The van der Waals surface area contributed by atoms with E-state index in [4.69, 9.17) is 5.11 Å². The number of aromatic nitrogens is 1. The van der Waals surface area contributed by atoms with Gasteiger partial charge in [-0.1, -0.05) is 30.3 Å². The van der Waals surface area contributed by atoms with E-state index in [1.54, 1.807) is 0 Å². The second-order valence-corrected chi connectivity index (χ2v) is 5.96. The first-order chi connectivity index (χ1) is 10.7. The summed E-state index contributed by atoms with van der Waals surface area (Å²) in [6.45, 7) is 0.115. The van der Waals surface area contributed by atoms with Crippen molar-refractivity contribution in [1.29, 1.82) is 0 Å². The van der Waals surface area contributed by atoms with Gasteiger partial charge in [-0.15, -0.1) is 0 Å². The minimum absolute atomic E-state index is 0.0602. The lowest BCUT2D eigenvalue weighted by atomic mass is 10.1. The van der Waals surface area contributed by atoms with E-state index in [0.717, 1.165) is 24.1 Å². The predicted octanol–water partition coefficient (Wildman–Crippen LogP) is 2.58. The SMILES string of the molecule is Cn1c(C(=O)NC(CCO)C2CC2)ccc1-c1ccccc1. The van der Waals surface area contributed by atoms with Crippen molar-refractivity contribution < 1.29 is 9.90 Å². The maximum Gasteiger partial charge on any atom is 0.268 e. The molecule has 1 saturated carbocycles. The van der Waals surface area contributed by atoms with Crippen LogP contribution in [0.3, 0.4) is 0 Å². The van der Waals surface area contributed by atoms with Crippen LogP contribution >= 0.6 is 0 Å². The fourth-order valence-corrected chi connectivity index (χ4v) is 2.94. The number of nitrogens with zero attached hydrogens (tertiary/aromatic N) is 1. The molecular weight excluding hydrogens is 276 g/mol. The van der Waals surface area contributed by atoms with Crippen molar-refractivity contribution in [2.24, 2.45) is 13.0 Å².